The zero-order valence-corrected chi connectivity index (χ0v) is 10.6. The summed E-state index contributed by atoms with van der Waals surface area (Å²) < 4.78 is 38.6. The summed E-state index contributed by atoms with van der Waals surface area (Å²) in [5, 5.41) is 8.65. The van der Waals surface area contributed by atoms with Gasteiger partial charge in [-0.25, -0.2) is 0 Å². The third-order valence-corrected chi connectivity index (χ3v) is 4.07. The molecule has 1 aliphatic carbocycles. The van der Waals surface area contributed by atoms with Crippen LogP contribution in [0, 0.1) is 5.92 Å². The number of carboxylic acids is 1. The molecule has 1 heterocycles. The first kappa shape index (κ1) is 10.5. The van der Waals surface area contributed by atoms with Crippen molar-refractivity contribution < 1.29 is 32.5 Å². The van der Waals surface area contributed by atoms with Gasteiger partial charge in [-0.15, -0.1) is 0 Å². The van der Waals surface area contributed by atoms with Gasteiger partial charge in [-0.3, -0.25) is 4.79 Å². The van der Waals surface area contributed by atoms with Gasteiger partial charge in [-0.05, 0) is 12.8 Å². The van der Waals surface area contributed by atoms with E-state index >= 15 is 0 Å². The zero-order chi connectivity index (χ0) is 15.9. The first-order valence-electron chi connectivity index (χ1n) is 7.22. The second-order valence-corrected chi connectivity index (χ2v) is 5.77. The lowest BCUT2D eigenvalue weighted by atomic mass is 9.87. The number of nitrogens with two attached hydrogens (primary N) is 1. The maximum Gasteiger partial charge on any atom is 0.379 e. The first-order valence-corrected chi connectivity index (χ1v) is 7.18. The molecule has 8 heteroatoms. The van der Waals surface area contributed by atoms with E-state index < -0.39 is 45.3 Å². The van der Waals surface area contributed by atoms with Crippen LogP contribution in [0.4, 0.5) is 0 Å². The fourth-order valence-electron chi connectivity index (χ4n) is 1.80. The number of hydrogen-bond acceptors (Lipinski definition) is 6. The minimum Gasteiger partial charge on any atom is -0.606 e. The molecule has 2 fully saturated rings. The number of aliphatic carboxylic acids is 1. The molecule has 0 aromatic rings. The molecule has 0 spiro atoms. The molecule has 1 saturated heterocycles. The molecule has 0 aromatic heterocycles. The van der Waals surface area contributed by atoms with Gasteiger partial charge in [0.25, 0.3) is 0 Å². The molecule has 0 aromatic carbocycles. The highest BCUT2D eigenvalue weighted by Gasteiger charge is 2.46. The van der Waals surface area contributed by atoms with Crippen molar-refractivity contribution in [2.75, 3.05) is 13.2 Å². The van der Waals surface area contributed by atoms with Crippen LogP contribution in [-0.4, -0.2) is 36.4 Å². The number of rotatable bonds is 4. The number of carboxylic acid groups (broad SMARTS) is 1. The monoisotopic (exact) mass is 282 g/mol. The molecule has 18 heavy (non-hydrogen) atoms. The van der Waals surface area contributed by atoms with Crippen molar-refractivity contribution in [3.05, 3.63) is 0 Å². The zero-order valence-electron chi connectivity index (χ0n) is 12.7. The van der Waals surface area contributed by atoms with E-state index in [1.807, 2.05) is 0 Å². The van der Waals surface area contributed by atoms with Crippen LogP contribution in [-0.2, 0) is 18.4 Å². The van der Waals surface area contributed by atoms with Gasteiger partial charge >= 0.3 is 14.1 Å². The van der Waals surface area contributed by atoms with Crippen molar-refractivity contribution >= 4 is 14.1 Å². The van der Waals surface area contributed by atoms with Crippen molar-refractivity contribution in [2.24, 2.45) is 11.7 Å². The maximum absolute atomic E-state index is 12.4. The van der Waals surface area contributed by atoms with Crippen LogP contribution in [0.2, 0.25) is 0 Å². The number of hydrogen-bond donors (Lipinski definition) is 2. The van der Waals surface area contributed by atoms with E-state index in [1.165, 1.54) is 0 Å². The SMILES string of the molecule is [2H]C1([2H])O[P+]([O-])(OC[C@H](N)C(=O)O)O[C@@]2([2H])CCCC[C@H]12. The second-order valence-electron chi connectivity index (χ2n) is 4.25. The topological polar surface area (TPSA) is 114 Å². The fourth-order valence-corrected chi connectivity index (χ4v) is 3.05. The molecule has 7 nitrogen and oxygen atoms in total. The van der Waals surface area contributed by atoms with Crippen LogP contribution in [0.5, 0.6) is 0 Å². The van der Waals surface area contributed by atoms with Crippen LogP contribution in [0.3, 0.4) is 0 Å². The fraction of sp³-hybridized carbons (Fsp3) is 0.900. The van der Waals surface area contributed by atoms with Crippen molar-refractivity contribution in [3.8, 4) is 0 Å². The van der Waals surface area contributed by atoms with Crippen molar-refractivity contribution in [3.63, 3.8) is 0 Å². The Morgan fingerprint density at radius 2 is 2.44 bits per heavy atom. The van der Waals surface area contributed by atoms with Gasteiger partial charge in [0.1, 0.15) is 25.3 Å². The minimum atomic E-state index is -4.39. The van der Waals surface area contributed by atoms with Gasteiger partial charge in [-0.2, -0.15) is 13.6 Å². The van der Waals surface area contributed by atoms with Crippen LogP contribution in [0.15, 0.2) is 0 Å². The van der Waals surface area contributed by atoms with Gasteiger partial charge in [0, 0.05) is 5.92 Å². The van der Waals surface area contributed by atoms with Crippen LogP contribution in [0.25, 0.3) is 0 Å². The average molecular weight is 282 g/mol. The second kappa shape index (κ2) is 5.77. The summed E-state index contributed by atoms with van der Waals surface area (Å²) in [6.45, 7) is -3.01. The molecule has 4 atom stereocenters. The molecule has 2 aliphatic rings. The molecule has 104 valence electrons. The summed E-state index contributed by atoms with van der Waals surface area (Å²) in [6, 6.07) is -1.44. The van der Waals surface area contributed by atoms with E-state index in [4.69, 9.17) is 28.5 Å². The highest BCUT2D eigenvalue weighted by atomic mass is 31.2. The molecule has 3 N–H and O–H groups in total. The molecule has 2 rings (SSSR count). The Kier molecular flexibility index (Phi) is 3.36. The van der Waals surface area contributed by atoms with Crippen LogP contribution in [0.1, 0.15) is 29.8 Å². The van der Waals surface area contributed by atoms with Gasteiger partial charge < -0.3 is 15.7 Å². The summed E-state index contributed by atoms with van der Waals surface area (Å²) in [7, 11) is -4.39. The smallest absolute Gasteiger partial charge is 0.379 e. The summed E-state index contributed by atoms with van der Waals surface area (Å²) in [6.07, 6.45) is 0.254. The summed E-state index contributed by atoms with van der Waals surface area (Å²) in [5.74, 6) is -2.24. The van der Waals surface area contributed by atoms with Crippen molar-refractivity contribution in [1.29, 1.82) is 0 Å². The third-order valence-electron chi connectivity index (χ3n) is 2.82. The quantitative estimate of drug-likeness (QED) is 0.700. The maximum atomic E-state index is 12.4. The van der Waals surface area contributed by atoms with E-state index in [2.05, 4.69) is 0 Å². The Morgan fingerprint density at radius 1 is 1.72 bits per heavy atom. The molecule has 0 radical (unpaired) electrons. The number of phosphoric ester groups is 1. The van der Waals surface area contributed by atoms with Gasteiger partial charge in [0.05, 0.1) is 4.11 Å². The lowest BCUT2D eigenvalue weighted by Gasteiger charge is -2.39. The largest absolute Gasteiger partial charge is 0.606 e. The van der Waals surface area contributed by atoms with E-state index in [1.54, 1.807) is 0 Å². The van der Waals surface area contributed by atoms with Gasteiger partial charge in [0.15, 0.2) is 0 Å². The number of phosphoric acid groups is 1. The molecular weight excluding hydrogens is 261 g/mol. The number of carbonyl (C=O) groups is 1. The highest BCUT2D eigenvalue weighted by Crippen LogP contribution is 2.59. The van der Waals surface area contributed by atoms with E-state index in [0.29, 0.717) is 12.8 Å². The Morgan fingerprint density at radius 3 is 3.17 bits per heavy atom. The van der Waals surface area contributed by atoms with Gasteiger partial charge in [0.2, 0.25) is 0 Å². The van der Waals surface area contributed by atoms with E-state index in [-0.39, 0.29) is 6.42 Å². The van der Waals surface area contributed by atoms with Crippen molar-refractivity contribution in [1.82, 2.24) is 0 Å². The Bertz CT molecular complexity index is 430. The summed E-state index contributed by atoms with van der Waals surface area (Å²) >= 11 is 0. The molecule has 1 saturated carbocycles. The molecule has 1 aliphatic heterocycles. The van der Waals surface area contributed by atoms with Gasteiger partial charge in [-0.1, -0.05) is 12.8 Å². The lowest BCUT2D eigenvalue weighted by molar-refractivity contribution is -0.268. The molecular formula is C10H18NO6P. The molecule has 1 unspecified atom stereocenters. The Hall–Kier alpha value is -0.300. The predicted octanol–water partition coefficient (Wildman–Crippen LogP) is 0.0584. The summed E-state index contributed by atoms with van der Waals surface area (Å²) in [5.41, 5.74) is 5.23. The highest BCUT2D eigenvalue weighted by molar-refractivity contribution is 7.54. The predicted molar refractivity (Wildman–Crippen MR) is 61.3 cm³/mol. The summed E-state index contributed by atoms with van der Waals surface area (Å²) in [4.78, 5) is 23.0. The Balaban J connectivity index is 2.12. The van der Waals surface area contributed by atoms with E-state index in [9.17, 15) is 9.69 Å². The van der Waals surface area contributed by atoms with Crippen LogP contribution >= 0.6 is 8.17 Å². The lowest BCUT2D eigenvalue weighted by Crippen LogP contribution is -2.41. The Labute approximate surface area is 110 Å². The minimum absolute atomic E-state index is 0.207. The third kappa shape index (κ3) is 3.38. The average Bonchev–Trinajstić information content (AvgIpc) is 2.33. The van der Waals surface area contributed by atoms with Crippen LogP contribution < -0.4 is 10.6 Å². The van der Waals surface area contributed by atoms with Crippen molar-refractivity contribution in [2.45, 2.75) is 37.8 Å². The standard InChI is InChI=1S/C10H18NO6P/c11-8(10(12)13)6-16-18(14)15-5-7-3-1-2-4-9(7)17-18/h7-9H,1-6,11H2,(H,12,13)/t7-,8+,9+,18?/m1/s1/i5D2,9D. The normalized spacial score (nSPS) is 47.2. The first-order chi connectivity index (χ1) is 9.58. The number of fused-ring (bicyclic) bond motifs is 1. The molecule has 0 amide bonds. The molecule has 0 bridgehead atoms. The van der Waals surface area contributed by atoms with E-state index in [0.717, 1.165) is 6.42 Å².